The minimum absolute atomic E-state index is 0.235. The molecule has 2 rings (SSSR count). The van der Waals surface area contributed by atoms with Crippen molar-refractivity contribution in [2.45, 2.75) is 26.7 Å². The fourth-order valence-corrected chi connectivity index (χ4v) is 2.66. The number of carbonyl (C=O) groups excluding carboxylic acids is 1. The number of benzene rings is 1. The van der Waals surface area contributed by atoms with E-state index in [4.69, 9.17) is 4.74 Å². The zero-order valence-electron chi connectivity index (χ0n) is 9.76. The summed E-state index contributed by atoms with van der Waals surface area (Å²) in [6.45, 7) is 4.02. The van der Waals surface area contributed by atoms with Crippen molar-refractivity contribution < 1.29 is 9.53 Å². The van der Waals surface area contributed by atoms with Crippen molar-refractivity contribution >= 4 is 21.7 Å². The maximum Gasteiger partial charge on any atom is 0.143 e. The molecule has 0 atom stereocenters. The molecule has 0 aromatic heterocycles. The molecular formula is C13H15BrO2. The van der Waals surface area contributed by atoms with Gasteiger partial charge in [-0.25, -0.2) is 0 Å². The smallest absolute Gasteiger partial charge is 0.143 e. The van der Waals surface area contributed by atoms with E-state index < -0.39 is 0 Å². The second-order valence-corrected chi connectivity index (χ2v) is 5.77. The zero-order valence-corrected chi connectivity index (χ0v) is 11.3. The number of halogens is 1. The largest absolute Gasteiger partial charge is 0.496 e. The van der Waals surface area contributed by atoms with Crippen LogP contribution in [-0.2, 0) is 17.6 Å². The standard InChI is InChI=1S/C13H15BrO2/c1-13(2)7-9-4-10(14)11(16-3)5-8(9)6-12(13)15/h4-5H,6-7H2,1-3H3. The van der Waals surface area contributed by atoms with Gasteiger partial charge in [-0.2, -0.15) is 0 Å². The van der Waals surface area contributed by atoms with Crippen LogP contribution in [0, 0.1) is 5.41 Å². The van der Waals surface area contributed by atoms with Gasteiger partial charge in [-0.05, 0) is 45.6 Å². The Kier molecular flexibility index (Phi) is 2.82. The maximum absolute atomic E-state index is 11.9. The number of hydrogen-bond acceptors (Lipinski definition) is 2. The molecule has 0 radical (unpaired) electrons. The Morgan fingerprint density at radius 3 is 2.62 bits per heavy atom. The number of carbonyl (C=O) groups is 1. The van der Waals surface area contributed by atoms with Crippen molar-refractivity contribution in [3.63, 3.8) is 0 Å². The number of hydrogen-bond donors (Lipinski definition) is 0. The van der Waals surface area contributed by atoms with Gasteiger partial charge in [0, 0.05) is 11.8 Å². The second-order valence-electron chi connectivity index (χ2n) is 4.92. The van der Waals surface area contributed by atoms with Crippen LogP contribution in [0.15, 0.2) is 16.6 Å². The number of methoxy groups -OCH3 is 1. The molecule has 3 heteroatoms. The average molecular weight is 283 g/mol. The van der Waals surface area contributed by atoms with E-state index in [2.05, 4.69) is 22.0 Å². The fourth-order valence-electron chi connectivity index (χ4n) is 2.11. The summed E-state index contributed by atoms with van der Waals surface area (Å²) in [5.74, 6) is 1.11. The van der Waals surface area contributed by atoms with Gasteiger partial charge in [0.25, 0.3) is 0 Å². The summed E-state index contributed by atoms with van der Waals surface area (Å²) < 4.78 is 6.20. The molecule has 2 nitrogen and oxygen atoms in total. The van der Waals surface area contributed by atoms with Crippen molar-refractivity contribution in [1.29, 1.82) is 0 Å². The predicted octanol–water partition coefficient (Wildman–Crippen LogP) is 3.15. The molecule has 1 aliphatic rings. The summed E-state index contributed by atoms with van der Waals surface area (Å²) in [6.07, 6.45) is 1.33. The molecule has 86 valence electrons. The molecule has 0 bridgehead atoms. The molecule has 0 unspecified atom stereocenters. The van der Waals surface area contributed by atoms with Crippen LogP contribution in [0.5, 0.6) is 5.75 Å². The summed E-state index contributed by atoms with van der Waals surface area (Å²) in [5, 5.41) is 0. The normalized spacial score (nSPS) is 18.1. The Hall–Kier alpha value is -0.830. The highest BCUT2D eigenvalue weighted by Crippen LogP contribution is 2.37. The lowest BCUT2D eigenvalue weighted by Gasteiger charge is -2.30. The van der Waals surface area contributed by atoms with E-state index in [-0.39, 0.29) is 5.41 Å². The van der Waals surface area contributed by atoms with E-state index in [1.54, 1.807) is 7.11 Å². The summed E-state index contributed by atoms with van der Waals surface area (Å²) >= 11 is 3.48. The second kappa shape index (κ2) is 3.88. The van der Waals surface area contributed by atoms with Gasteiger partial charge in [0.1, 0.15) is 11.5 Å². The third-order valence-electron chi connectivity index (χ3n) is 3.21. The topological polar surface area (TPSA) is 26.3 Å². The van der Waals surface area contributed by atoms with Crippen molar-refractivity contribution in [2.75, 3.05) is 7.11 Å². The minimum Gasteiger partial charge on any atom is -0.496 e. The predicted molar refractivity (Wildman–Crippen MR) is 66.9 cm³/mol. The van der Waals surface area contributed by atoms with Crippen LogP contribution in [0.3, 0.4) is 0 Å². The lowest BCUT2D eigenvalue weighted by atomic mass is 9.73. The van der Waals surface area contributed by atoms with E-state index in [0.717, 1.165) is 22.2 Å². The first-order chi connectivity index (χ1) is 7.44. The van der Waals surface area contributed by atoms with Gasteiger partial charge >= 0.3 is 0 Å². The van der Waals surface area contributed by atoms with Crippen LogP contribution in [0.1, 0.15) is 25.0 Å². The molecular weight excluding hydrogens is 268 g/mol. The first-order valence-electron chi connectivity index (χ1n) is 5.32. The summed E-state index contributed by atoms with van der Waals surface area (Å²) in [6, 6.07) is 4.04. The fraction of sp³-hybridized carbons (Fsp3) is 0.462. The number of rotatable bonds is 1. The van der Waals surface area contributed by atoms with E-state index in [1.807, 2.05) is 19.9 Å². The van der Waals surface area contributed by atoms with Gasteiger partial charge in [0.05, 0.1) is 11.6 Å². The Labute approximate surface area is 104 Å². The Morgan fingerprint density at radius 1 is 1.31 bits per heavy atom. The van der Waals surface area contributed by atoms with Crippen LogP contribution in [0.25, 0.3) is 0 Å². The summed E-state index contributed by atoms with van der Waals surface area (Å²) in [5.41, 5.74) is 2.11. The van der Waals surface area contributed by atoms with E-state index in [1.165, 1.54) is 5.56 Å². The minimum atomic E-state index is -0.235. The van der Waals surface area contributed by atoms with Gasteiger partial charge in [-0.3, -0.25) is 4.79 Å². The third kappa shape index (κ3) is 1.88. The van der Waals surface area contributed by atoms with Crippen molar-refractivity contribution in [3.8, 4) is 5.75 Å². The lowest BCUT2D eigenvalue weighted by Crippen LogP contribution is -2.33. The number of Topliss-reactive ketones (excluding diaryl/α,β-unsaturated/α-hetero) is 1. The Balaban J connectivity index is 2.48. The number of fused-ring (bicyclic) bond motifs is 1. The quantitative estimate of drug-likeness (QED) is 0.791. The summed E-state index contributed by atoms with van der Waals surface area (Å²) in [4.78, 5) is 11.9. The molecule has 0 aliphatic heterocycles. The van der Waals surface area contributed by atoms with Crippen molar-refractivity contribution in [2.24, 2.45) is 5.41 Å². The highest BCUT2D eigenvalue weighted by molar-refractivity contribution is 9.10. The lowest BCUT2D eigenvalue weighted by molar-refractivity contribution is -0.127. The molecule has 1 aromatic rings. The van der Waals surface area contributed by atoms with Crippen molar-refractivity contribution in [3.05, 3.63) is 27.7 Å². The van der Waals surface area contributed by atoms with E-state index >= 15 is 0 Å². The summed E-state index contributed by atoms with van der Waals surface area (Å²) in [7, 11) is 1.64. The monoisotopic (exact) mass is 282 g/mol. The molecule has 0 N–H and O–H groups in total. The zero-order chi connectivity index (χ0) is 11.9. The number of ether oxygens (including phenoxy) is 1. The van der Waals surface area contributed by atoms with Gasteiger partial charge in [0.2, 0.25) is 0 Å². The Bertz CT molecular complexity index is 449. The van der Waals surface area contributed by atoms with Crippen LogP contribution >= 0.6 is 15.9 Å². The van der Waals surface area contributed by atoms with Gasteiger partial charge in [-0.15, -0.1) is 0 Å². The molecule has 0 saturated heterocycles. The SMILES string of the molecule is COc1cc2c(cc1Br)CC(C)(C)C(=O)C2. The van der Waals surface area contributed by atoms with Crippen LogP contribution < -0.4 is 4.74 Å². The van der Waals surface area contributed by atoms with Crippen LogP contribution in [0.4, 0.5) is 0 Å². The van der Waals surface area contributed by atoms with E-state index in [0.29, 0.717) is 12.2 Å². The molecule has 0 spiro atoms. The first-order valence-corrected chi connectivity index (χ1v) is 6.12. The van der Waals surface area contributed by atoms with Crippen LogP contribution in [0.2, 0.25) is 0 Å². The molecule has 0 amide bonds. The third-order valence-corrected chi connectivity index (χ3v) is 3.83. The molecule has 16 heavy (non-hydrogen) atoms. The van der Waals surface area contributed by atoms with Crippen LogP contribution in [-0.4, -0.2) is 12.9 Å². The van der Waals surface area contributed by atoms with Crippen molar-refractivity contribution in [1.82, 2.24) is 0 Å². The number of ketones is 1. The van der Waals surface area contributed by atoms with E-state index in [9.17, 15) is 4.79 Å². The first kappa shape index (κ1) is 11.6. The van der Waals surface area contributed by atoms with Gasteiger partial charge in [-0.1, -0.05) is 13.8 Å². The van der Waals surface area contributed by atoms with Gasteiger partial charge in [0.15, 0.2) is 0 Å². The molecule has 0 saturated carbocycles. The molecule has 0 heterocycles. The average Bonchev–Trinajstić information content (AvgIpc) is 2.19. The highest BCUT2D eigenvalue weighted by atomic mass is 79.9. The molecule has 0 fully saturated rings. The van der Waals surface area contributed by atoms with Gasteiger partial charge < -0.3 is 4.74 Å². The maximum atomic E-state index is 11.9. The molecule has 1 aliphatic carbocycles. The molecule has 1 aromatic carbocycles. The highest BCUT2D eigenvalue weighted by Gasteiger charge is 2.33. The Morgan fingerprint density at radius 2 is 2.00 bits per heavy atom.